The van der Waals surface area contributed by atoms with Crippen molar-refractivity contribution in [2.24, 2.45) is 0 Å². The second-order valence-electron chi connectivity index (χ2n) is 6.21. The lowest BCUT2D eigenvalue weighted by molar-refractivity contribution is 0.217. The van der Waals surface area contributed by atoms with Gasteiger partial charge < -0.3 is 4.90 Å². The molecule has 0 spiro atoms. The maximum Gasteiger partial charge on any atom is 0.0136 e. The fourth-order valence-electron chi connectivity index (χ4n) is 3.21. The van der Waals surface area contributed by atoms with Crippen LogP contribution in [0.1, 0.15) is 55.7 Å². The van der Waals surface area contributed by atoms with Crippen molar-refractivity contribution in [2.75, 3.05) is 13.6 Å². The molecular weight excluding hydrogens is 230 g/mol. The first-order chi connectivity index (χ1) is 9.20. The second kappa shape index (κ2) is 7.09. The van der Waals surface area contributed by atoms with Crippen LogP contribution in [0, 0.1) is 6.92 Å². The Morgan fingerprint density at radius 3 is 2.79 bits per heavy atom. The van der Waals surface area contributed by atoms with Crippen molar-refractivity contribution >= 4 is 0 Å². The SMILES string of the molecule is CCCCCCN(C)C1CCc2cc(C)ccc2C1. The van der Waals surface area contributed by atoms with Gasteiger partial charge in [-0.1, -0.05) is 49.9 Å². The molecule has 1 atom stereocenters. The molecule has 2 rings (SSSR count). The van der Waals surface area contributed by atoms with Gasteiger partial charge in [0, 0.05) is 6.04 Å². The summed E-state index contributed by atoms with van der Waals surface area (Å²) < 4.78 is 0. The van der Waals surface area contributed by atoms with Crippen molar-refractivity contribution in [3.8, 4) is 0 Å². The van der Waals surface area contributed by atoms with Crippen LogP contribution >= 0.6 is 0 Å². The number of likely N-dealkylation sites (N-methyl/N-ethyl adjacent to an activating group) is 1. The number of aryl methyl sites for hydroxylation is 2. The zero-order valence-corrected chi connectivity index (χ0v) is 12.9. The van der Waals surface area contributed by atoms with E-state index < -0.39 is 0 Å². The maximum absolute atomic E-state index is 2.60. The highest BCUT2D eigenvalue weighted by atomic mass is 15.1. The molecule has 1 aliphatic carbocycles. The molecule has 0 bridgehead atoms. The van der Waals surface area contributed by atoms with Gasteiger partial charge in [0.05, 0.1) is 0 Å². The zero-order valence-electron chi connectivity index (χ0n) is 12.9. The van der Waals surface area contributed by atoms with Crippen LogP contribution in [0.2, 0.25) is 0 Å². The molecule has 106 valence electrons. The lowest BCUT2D eigenvalue weighted by Gasteiger charge is -2.32. The molecular formula is C18H29N. The predicted molar refractivity (Wildman–Crippen MR) is 83.8 cm³/mol. The fourth-order valence-corrected chi connectivity index (χ4v) is 3.21. The van der Waals surface area contributed by atoms with Gasteiger partial charge in [-0.2, -0.15) is 0 Å². The van der Waals surface area contributed by atoms with Gasteiger partial charge in [-0.3, -0.25) is 0 Å². The molecule has 0 aliphatic heterocycles. The number of rotatable bonds is 6. The molecule has 0 heterocycles. The summed E-state index contributed by atoms with van der Waals surface area (Å²) in [6, 6.07) is 7.76. The van der Waals surface area contributed by atoms with Gasteiger partial charge in [-0.05, 0) is 57.3 Å². The van der Waals surface area contributed by atoms with Crippen molar-refractivity contribution < 1.29 is 0 Å². The Morgan fingerprint density at radius 2 is 2.00 bits per heavy atom. The molecule has 1 aliphatic rings. The van der Waals surface area contributed by atoms with Gasteiger partial charge in [0.2, 0.25) is 0 Å². The molecule has 1 unspecified atom stereocenters. The summed E-state index contributed by atoms with van der Waals surface area (Å²) in [6.45, 7) is 5.75. The number of benzene rings is 1. The van der Waals surface area contributed by atoms with E-state index in [0.29, 0.717) is 0 Å². The first-order valence-corrected chi connectivity index (χ1v) is 7.99. The Bertz CT molecular complexity index is 397. The minimum atomic E-state index is 0.761. The molecule has 1 nitrogen and oxygen atoms in total. The molecule has 19 heavy (non-hydrogen) atoms. The van der Waals surface area contributed by atoms with Crippen LogP contribution in [0.3, 0.4) is 0 Å². The molecule has 0 aromatic heterocycles. The van der Waals surface area contributed by atoms with Gasteiger partial charge in [-0.25, -0.2) is 0 Å². The van der Waals surface area contributed by atoms with E-state index in [2.05, 4.69) is 44.0 Å². The highest BCUT2D eigenvalue weighted by molar-refractivity contribution is 5.34. The molecule has 1 heteroatoms. The fraction of sp³-hybridized carbons (Fsp3) is 0.667. The molecule has 0 saturated carbocycles. The zero-order chi connectivity index (χ0) is 13.7. The smallest absolute Gasteiger partial charge is 0.0136 e. The molecule has 1 aromatic rings. The first-order valence-electron chi connectivity index (χ1n) is 7.99. The van der Waals surface area contributed by atoms with Crippen LogP contribution in [-0.4, -0.2) is 24.5 Å². The standard InChI is InChI=1S/C18H29N/c1-4-5-6-7-12-19(3)18-11-10-16-13-15(2)8-9-17(16)14-18/h8-9,13,18H,4-7,10-12,14H2,1-3H3. The summed E-state index contributed by atoms with van der Waals surface area (Å²) in [4.78, 5) is 2.60. The normalized spacial score (nSPS) is 18.6. The molecule has 0 saturated heterocycles. The minimum Gasteiger partial charge on any atom is -0.303 e. The quantitative estimate of drug-likeness (QED) is 0.686. The number of nitrogens with zero attached hydrogens (tertiary/aromatic N) is 1. The summed E-state index contributed by atoms with van der Waals surface area (Å²) >= 11 is 0. The Morgan fingerprint density at radius 1 is 1.16 bits per heavy atom. The average Bonchev–Trinajstić information content (AvgIpc) is 2.42. The summed E-state index contributed by atoms with van der Waals surface area (Å²) in [5, 5.41) is 0. The summed E-state index contributed by atoms with van der Waals surface area (Å²) in [7, 11) is 2.32. The van der Waals surface area contributed by atoms with E-state index >= 15 is 0 Å². The molecule has 0 radical (unpaired) electrons. The van der Waals surface area contributed by atoms with Crippen molar-refractivity contribution in [3.63, 3.8) is 0 Å². The number of unbranched alkanes of at least 4 members (excludes halogenated alkanes) is 3. The van der Waals surface area contributed by atoms with Crippen LogP contribution in [0.5, 0.6) is 0 Å². The van der Waals surface area contributed by atoms with Gasteiger partial charge >= 0.3 is 0 Å². The maximum atomic E-state index is 2.60. The topological polar surface area (TPSA) is 3.24 Å². The van der Waals surface area contributed by atoms with Crippen LogP contribution in [0.4, 0.5) is 0 Å². The Balaban J connectivity index is 1.85. The van der Waals surface area contributed by atoms with Gasteiger partial charge in [-0.15, -0.1) is 0 Å². The van der Waals surface area contributed by atoms with Crippen molar-refractivity contribution in [1.82, 2.24) is 4.90 Å². The van der Waals surface area contributed by atoms with Crippen molar-refractivity contribution in [1.29, 1.82) is 0 Å². The number of hydrogen-bond donors (Lipinski definition) is 0. The Kier molecular flexibility index (Phi) is 5.45. The Hall–Kier alpha value is -0.820. The van der Waals surface area contributed by atoms with E-state index in [9.17, 15) is 0 Å². The molecule has 1 aromatic carbocycles. The summed E-state index contributed by atoms with van der Waals surface area (Å²) in [5.74, 6) is 0. The summed E-state index contributed by atoms with van der Waals surface area (Å²) in [6.07, 6.45) is 9.33. The lowest BCUT2D eigenvalue weighted by atomic mass is 9.86. The Labute approximate surface area is 119 Å². The van der Waals surface area contributed by atoms with Crippen LogP contribution in [0.15, 0.2) is 18.2 Å². The third kappa shape index (κ3) is 4.07. The largest absolute Gasteiger partial charge is 0.303 e. The molecule has 0 fully saturated rings. The third-order valence-electron chi connectivity index (χ3n) is 4.55. The lowest BCUT2D eigenvalue weighted by Crippen LogP contribution is -2.37. The van der Waals surface area contributed by atoms with Crippen LogP contribution < -0.4 is 0 Å². The van der Waals surface area contributed by atoms with E-state index in [1.54, 1.807) is 11.1 Å². The van der Waals surface area contributed by atoms with Crippen LogP contribution in [0.25, 0.3) is 0 Å². The minimum absolute atomic E-state index is 0.761. The van der Waals surface area contributed by atoms with E-state index in [0.717, 1.165) is 6.04 Å². The van der Waals surface area contributed by atoms with Gasteiger partial charge in [0.25, 0.3) is 0 Å². The van der Waals surface area contributed by atoms with Gasteiger partial charge in [0.1, 0.15) is 0 Å². The van der Waals surface area contributed by atoms with E-state index in [1.165, 1.54) is 57.1 Å². The monoisotopic (exact) mass is 259 g/mol. The van der Waals surface area contributed by atoms with Crippen molar-refractivity contribution in [3.05, 3.63) is 34.9 Å². The summed E-state index contributed by atoms with van der Waals surface area (Å²) in [5.41, 5.74) is 4.59. The highest BCUT2D eigenvalue weighted by Crippen LogP contribution is 2.25. The molecule has 0 amide bonds. The predicted octanol–water partition coefficient (Wildman–Crippen LogP) is 4.36. The third-order valence-corrected chi connectivity index (χ3v) is 4.55. The molecule has 0 N–H and O–H groups in total. The number of hydrogen-bond acceptors (Lipinski definition) is 1. The van der Waals surface area contributed by atoms with E-state index in [1.807, 2.05) is 0 Å². The first kappa shape index (κ1) is 14.6. The van der Waals surface area contributed by atoms with Crippen molar-refractivity contribution in [2.45, 2.75) is 64.8 Å². The van der Waals surface area contributed by atoms with Crippen LogP contribution in [-0.2, 0) is 12.8 Å². The van der Waals surface area contributed by atoms with E-state index in [-0.39, 0.29) is 0 Å². The van der Waals surface area contributed by atoms with E-state index in [4.69, 9.17) is 0 Å². The number of fused-ring (bicyclic) bond motifs is 1. The highest BCUT2D eigenvalue weighted by Gasteiger charge is 2.21. The second-order valence-corrected chi connectivity index (χ2v) is 6.21. The average molecular weight is 259 g/mol. The van der Waals surface area contributed by atoms with Gasteiger partial charge in [0.15, 0.2) is 0 Å².